The van der Waals surface area contributed by atoms with Gasteiger partial charge in [-0.15, -0.1) is 0 Å². The smallest absolute Gasteiger partial charge is 0.164 e. The van der Waals surface area contributed by atoms with Crippen LogP contribution in [-0.2, 0) is 16.2 Å². The molecule has 0 amide bonds. The number of hydrogen-bond acceptors (Lipinski definition) is 4. The van der Waals surface area contributed by atoms with E-state index in [0.717, 1.165) is 45.6 Å². The molecule has 5 aromatic carbocycles. The Bertz CT molecular complexity index is 2470. The topological polar surface area (TPSA) is 62.5 Å². The van der Waals surface area contributed by atoms with Crippen molar-refractivity contribution in [2.45, 2.75) is 89.4 Å². The Labute approximate surface area is 325 Å². The lowest BCUT2D eigenvalue weighted by atomic mass is 9.48. The molecule has 272 valence electrons. The van der Waals surface area contributed by atoms with E-state index in [9.17, 15) is 5.26 Å². The molecule has 4 saturated carbocycles. The Kier molecular flexibility index (Phi) is 7.63. The van der Waals surface area contributed by atoms with E-state index in [1.807, 2.05) is 6.07 Å². The molecule has 4 nitrogen and oxygen atoms in total. The van der Waals surface area contributed by atoms with Crippen LogP contribution in [-0.4, -0.2) is 15.0 Å². The Hall–Kier alpha value is -5.40. The van der Waals surface area contributed by atoms with Gasteiger partial charge in [0.2, 0.25) is 0 Å². The summed E-state index contributed by atoms with van der Waals surface area (Å²) in [6.45, 7) is 11.2. The first-order valence-corrected chi connectivity index (χ1v) is 20.2. The fourth-order valence-electron chi connectivity index (χ4n) is 11.1. The summed E-state index contributed by atoms with van der Waals surface area (Å²) in [7, 11) is 0. The zero-order valence-corrected chi connectivity index (χ0v) is 32.7. The van der Waals surface area contributed by atoms with Gasteiger partial charge in [0.1, 0.15) is 0 Å². The maximum absolute atomic E-state index is 9.56. The first kappa shape index (κ1) is 34.1. The number of nitriles is 1. The Morgan fingerprint density at radius 3 is 1.56 bits per heavy atom. The molecular weight excluding hydrogens is 669 g/mol. The molecule has 5 aliphatic carbocycles. The van der Waals surface area contributed by atoms with Crippen LogP contribution in [0.5, 0.6) is 0 Å². The molecule has 11 rings (SSSR count). The number of hydrogen-bond donors (Lipinski definition) is 0. The molecule has 0 saturated heterocycles. The van der Waals surface area contributed by atoms with Gasteiger partial charge in [0.25, 0.3) is 0 Å². The molecule has 0 spiro atoms. The van der Waals surface area contributed by atoms with E-state index in [2.05, 4.69) is 144 Å². The Morgan fingerprint density at radius 2 is 1.04 bits per heavy atom. The quantitative estimate of drug-likeness (QED) is 0.178. The number of rotatable bonds is 5. The average molecular weight is 717 g/mol. The van der Waals surface area contributed by atoms with E-state index >= 15 is 0 Å². The van der Waals surface area contributed by atoms with Crippen molar-refractivity contribution in [1.29, 1.82) is 5.26 Å². The zero-order valence-electron chi connectivity index (χ0n) is 32.7. The highest BCUT2D eigenvalue weighted by Gasteiger charge is 2.51. The molecule has 4 fully saturated rings. The lowest BCUT2D eigenvalue weighted by Crippen LogP contribution is -2.48. The van der Waals surface area contributed by atoms with Crippen molar-refractivity contribution in [2.24, 2.45) is 17.8 Å². The third-order valence-corrected chi connectivity index (χ3v) is 13.7. The van der Waals surface area contributed by atoms with Crippen molar-refractivity contribution in [3.8, 4) is 62.5 Å². The average Bonchev–Trinajstić information content (AvgIpc) is 3.41. The second-order valence-corrected chi connectivity index (χ2v) is 18.7. The van der Waals surface area contributed by atoms with Crippen molar-refractivity contribution >= 4 is 0 Å². The number of aromatic nitrogens is 3. The van der Waals surface area contributed by atoms with Crippen molar-refractivity contribution in [3.63, 3.8) is 0 Å². The van der Waals surface area contributed by atoms with Gasteiger partial charge in [0, 0.05) is 22.1 Å². The van der Waals surface area contributed by atoms with E-state index in [-0.39, 0.29) is 10.8 Å². The number of nitrogens with zero attached hydrogens (tertiary/aromatic N) is 4. The van der Waals surface area contributed by atoms with Crippen molar-refractivity contribution < 1.29 is 0 Å². The van der Waals surface area contributed by atoms with Crippen LogP contribution in [0.3, 0.4) is 0 Å². The van der Waals surface area contributed by atoms with Crippen LogP contribution in [0.15, 0.2) is 109 Å². The van der Waals surface area contributed by atoms with Crippen LogP contribution in [0, 0.1) is 29.1 Å². The van der Waals surface area contributed by atoms with Gasteiger partial charge in [-0.2, -0.15) is 5.26 Å². The fraction of sp³-hybridized carbons (Fsp3) is 0.333. The monoisotopic (exact) mass is 716 g/mol. The summed E-state index contributed by atoms with van der Waals surface area (Å²) in [6.07, 6.45) is 8.44. The summed E-state index contributed by atoms with van der Waals surface area (Å²) in [6, 6.07) is 41.8. The predicted molar refractivity (Wildman–Crippen MR) is 222 cm³/mol. The Balaban J connectivity index is 1.00. The van der Waals surface area contributed by atoms with Gasteiger partial charge in [-0.1, -0.05) is 126 Å². The first-order valence-electron chi connectivity index (χ1n) is 20.2. The molecule has 0 unspecified atom stereocenters. The Morgan fingerprint density at radius 1 is 0.545 bits per heavy atom. The van der Waals surface area contributed by atoms with E-state index in [4.69, 9.17) is 15.0 Å². The first-order chi connectivity index (χ1) is 26.5. The van der Waals surface area contributed by atoms with Gasteiger partial charge < -0.3 is 0 Å². The van der Waals surface area contributed by atoms with Gasteiger partial charge >= 0.3 is 0 Å². The van der Waals surface area contributed by atoms with Gasteiger partial charge in [-0.05, 0) is 130 Å². The maximum Gasteiger partial charge on any atom is 0.164 e. The molecular formula is C51H48N4. The second-order valence-electron chi connectivity index (χ2n) is 18.7. The highest BCUT2D eigenvalue weighted by Crippen LogP contribution is 2.61. The third-order valence-electron chi connectivity index (χ3n) is 13.7. The highest BCUT2D eigenvalue weighted by molar-refractivity contribution is 5.85. The standard InChI is InChI=1S/C51H48N4/c1-49(2,3)40-16-11-37(12-17-40)47-53-46(54-48(55-47)38-13-18-41(19-14-38)51-27-32-22-33(28-51)24-34(23-32)29-51)36-9-7-35(8-10-36)39-15-21-44-43(26-39)42-20-6-31(30-52)25-45(42)50(44,4)5/h6-21,25-26,32-34H,22-24,27-29H2,1-5H3/t32-,33+,34-,51?. The van der Waals surface area contributed by atoms with Crippen molar-refractivity contribution in [3.05, 3.63) is 137 Å². The van der Waals surface area contributed by atoms with Gasteiger partial charge in [-0.3, -0.25) is 0 Å². The fourth-order valence-corrected chi connectivity index (χ4v) is 11.1. The van der Waals surface area contributed by atoms with Gasteiger partial charge in [0.05, 0.1) is 11.6 Å². The van der Waals surface area contributed by atoms with Crippen molar-refractivity contribution in [1.82, 2.24) is 15.0 Å². The lowest BCUT2D eigenvalue weighted by molar-refractivity contribution is -0.00518. The molecule has 4 heteroatoms. The largest absolute Gasteiger partial charge is 0.208 e. The second kappa shape index (κ2) is 12.3. The van der Waals surface area contributed by atoms with Crippen LogP contribution in [0.2, 0.25) is 0 Å². The molecule has 55 heavy (non-hydrogen) atoms. The summed E-state index contributed by atoms with van der Waals surface area (Å²) in [5, 5.41) is 9.56. The molecule has 1 heterocycles. The molecule has 0 atom stereocenters. The van der Waals surface area contributed by atoms with Crippen LogP contribution in [0.25, 0.3) is 56.4 Å². The molecule has 6 aromatic rings. The summed E-state index contributed by atoms with van der Waals surface area (Å²) in [5.74, 6) is 4.83. The molecule has 5 aliphatic rings. The van der Waals surface area contributed by atoms with E-state index in [0.29, 0.717) is 28.5 Å². The SMILES string of the molecule is CC(C)(C)c1ccc(-c2nc(-c3ccc(-c4ccc5c(c4)-c4ccc(C#N)cc4C5(C)C)cc3)nc(-c3ccc(C45C[C@H]6C[C@@H](C4)C[C@@H](C5)C6)cc3)n2)cc1. The van der Waals surface area contributed by atoms with Crippen LogP contribution in [0.4, 0.5) is 0 Å². The highest BCUT2D eigenvalue weighted by atomic mass is 15.0. The van der Waals surface area contributed by atoms with Crippen LogP contribution in [0.1, 0.15) is 101 Å². The third kappa shape index (κ3) is 5.74. The van der Waals surface area contributed by atoms with Crippen LogP contribution < -0.4 is 0 Å². The van der Waals surface area contributed by atoms with Gasteiger partial charge in [-0.25, -0.2) is 15.0 Å². The van der Waals surface area contributed by atoms with Crippen molar-refractivity contribution in [2.75, 3.05) is 0 Å². The minimum absolute atomic E-state index is 0.0630. The molecule has 4 bridgehead atoms. The number of benzene rings is 5. The van der Waals surface area contributed by atoms with Crippen LogP contribution >= 0.6 is 0 Å². The summed E-state index contributed by atoms with van der Waals surface area (Å²) in [5.41, 5.74) is 14.0. The maximum atomic E-state index is 9.56. The zero-order chi connectivity index (χ0) is 37.7. The normalized spacial score (nSPS) is 22.9. The minimum Gasteiger partial charge on any atom is -0.208 e. The molecule has 0 N–H and O–H groups in total. The van der Waals surface area contributed by atoms with E-state index < -0.39 is 0 Å². The molecule has 1 aromatic heterocycles. The minimum atomic E-state index is -0.157. The van der Waals surface area contributed by atoms with E-state index in [1.165, 1.54) is 71.9 Å². The predicted octanol–water partition coefficient (Wildman–Crippen LogP) is 12.5. The number of fused-ring (bicyclic) bond motifs is 3. The molecule has 0 aliphatic heterocycles. The molecule has 0 radical (unpaired) electrons. The summed E-state index contributed by atoms with van der Waals surface area (Å²) >= 11 is 0. The summed E-state index contributed by atoms with van der Waals surface area (Å²) < 4.78 is 0. The summed E-state index contributed by atoms with van der Waals surface area (Å²) in [4.78, 5) is 15.3. The lowest BCUT2D eigenvalue weighted by Gasteiger charge is -2.57. The van der Waals surface area contributed by atoms with Gasteiger partial charge in [0.15, 0.2) is 17.5 Å². The van der Waals surface area contributed by atoms with E-state index in [1.54, 1.807) is 0 Å².